The minimum Gasteiger partial charge on any atom is -0.494 e. The minimum absolute atomic E-state index is 0.0310. The Labute approximate surface area is 256 Å². The molecule has 0 saturated carbocycles. The van der Waals surface area contributed by atoms with Gasteiger partial charge in [0.15, 0.2) is 5.88 Å². The zero-order valence-electron chi connectivity index (χ0n) is 24.4. The Bertz CT molecular complexity index is 1690. The fraction of sp³-hybridized carbons (Fsp3) is 0.367. The average molecular weight is 625 g/mol. The van der Waals surface area contributed by atoms with Crippen molar-refractivity contribution in [1.82, 2.24) is 19.1 Å². The van der Waals surface area contributed by atoms with E-state index < -0.39 is 28.4 Å². The second kappa shape index (κ2) is 15.0. The molecule has 1 aromatic heterocycles. The molecule has 0 spiro atoms. The summed E-state index contributed by atoms with van der Waals surface area (Å²) < 4.78 is 33.2. The number of carboxylic acids is 1. The Morgan fingerprint density at radius 2 is 1.93 bits per heavy atom. The molecular formula is C30H36N6O7S. The normalized spacial score (nSPS) is 14.2. The van der Waals surface area contributed by atoms with Gasteiger partial charge in [-0.1, -0.05) is 24.0 Å². The topological polar surface area (TPSA) is 182 Å². The lowest BCUT2D eigenvalue weighted by Crippen LogP contribution is -2.46. The molecular weight excluding hydrogens is 588 g/mol. The molecule has 14 heteroatoms. The van der Waals surface area contributed by atoms with Crippen molar-refractivity contribution in [2.24, 2.45) is 10.7 Å². The molecule has 0 atom stereocenters. The number of likely N-dealkylation sites (N-methyl/N-ethyl adjacent to an activating group) is 1. The highest BCUT2D eigenvalue weighted by Crippen LogP contribution is 2.29. The minimum atomic E-state index is -4.11. The highest BCUT2D eigenvalue weighted by molar-refractivity contribution is 7.89. The Morgan fingerprint density at radius 1 is 1.18 bits per heavy atom. The third-order valence-electron chi connectivity index (χ3n) is 7.13. The van der Waals surface area contributed by atoms with E-state index in [1.54, 1.807) is 24.3 Å². The smallest absolute Gasteiger partial charge is 0.305 e. The Morgan fingerprint density at radius 3 is 2.66 bits per heavy atom. The summed E-state index contributed by atoms with van der Waals surface area (Å²) in [5.41, 5.74) is 7.51. The summed E-state index contributed by atoms with van der Waals surface area (Å²) in [7, 11) is -2.81. The lowest BCUT2D eigenvalue weighted by molar-refractivity contribution is -0.138. The number of sulfonamides is 1. The second-order valence-electron chi connectivity index (χ2n) is 10.1. The highest BCUT2D eigenvalue weighted by Gasteiger charge is 2.26. The Kier molecular flexibility index (Phi) is 11.1. The number of hydrogen-bond acceptors (Lipinski definition) is 9. The third kappa shape index (κ3) is 8.22. The van der Waals surface area contributed by atoms with E-state index in [0.29, 0.717) is 60.6 Å². The quantitative estimate of drug-likeness (QED) is 0.170. The summed E-state index contributed by atoms with van der Waals surface area (Å²) in [5, 5.41) is 20.3. The number of carboxylic acid groups (broad SMARTS) is 1. The van der Waals surface area contributed by atoms with Crippen LogP contribution in [0.15, 0.2) is 52.4 Å². The summed E-state index contributed by atoms with van der Waals surface area (Å²) in [6.07, 6.45) is 1.17. The van der Waals surface area contributed by atoms with Crippen LogP contribution >= 0.6 is 0 Å². The maximum absolute atomic E-state index is 13.4. The van der Waals surface area contributed by atoms with Gasteiger partial charge in [0.25, 0.3) is 0 Å². The van der Waals surface area contributed by atoms with E-state index in [0.717, 1.165) is 4.31 Å². The van der Waals surface area contributed by atoms with Crippen LogP contribution in [0.4, 0.5) is 5.69 Å². The number of amides is 1. The predicted molar refractivity (Wildman–Crippen MR) is 165 cm³/mol. The van der Waals surface area contributed by atoms with Crippen LogP contribution in [0.5, 0.6) is 5.88 Å². The number of fused-ring (bicyclic) bond motifs is 1. The van der Waals surface area contributed by atoms with Crippen molar-refractivity contribution >= 4 is 44.7 Å². The molecule has 0 unspecified atom stereocenters. The molecule has 0 bridgehead atoms. The van der Waals surface area contributed by atoms with Gasteiger partial charge >= 0.3 is 5.97 Å². The number of ether oxygens (including phenoxy) is 1. The van der Waals surface area contributed by atoms with E-state index >= 15 is 0 Å². The maximum Gasteiger partial charge on any atom is 0.305 e. The van der Waals surface area contributed by atoms with Crippen LogP contribution in [0.1, 0.15) is 17.5 Å². The zero-order valence-corrected chi connectivity index (χ0v) is 25.2. The number of H-pyrrole nitrogens is 1. The van der Waals surface area contributed by atoms with Gasteiger partial charge in [0.05, 0.1) is 54.4 Å². The SMILES string of the molecule is CN(CC(=O)N(CCC(=O)O)CCN1CCOCC1)S(=O)(=O)c1cccc(N=Cc2c(O)[nH]c3cccc(C#CCN)c23)c1. The van der Waals surface area contributed by atoms with Crippen molar-refractivity contribution in [2.45, 2.75) is 11.3 Å². The Balaban J connectivity index is 1.50. The van der Waals surface area contributed by atoms with Crippen molar-refractivity contribution < 1.29 is 33.0 Å². The number of carbonyl (C=O) groups is 2. The number of nitrogens with zero attached hydrogens (tertiary/aromatic N) is 4. The number of benzene rings is 2. The molecule has 0 aliphatic carbocycles. The number of aliphatic carboxylic acids is 1. The molecule has 1 saturated heterocycles. The number of aromatic hydroxyl groups is 1. The van der Waals surface area contributed by atoms with Crippen molar-refractivity contribution in [2.75, 3.05) is 66.1 Å². The number of morpholine rings is 1. The number of rotatable bonds is 12. The standard InChI is InChI=1S/C30H36N6O7S/c1-34(21-27(37)36(12-10-28(38)39)14-13-35-15-17-43-18-16-35)44(41,42)24-8-3-7-23(19-24)32-20-25-29-22(6-4-11-31)5-2-9-26(29)33-30(25)40/h2-3,5,7-9,19-20,33,40H,10-18,21,31H2,1H3,(H,38,39). The number of aliphatic imine (C=N–C) groups is 1. The molecule has 2 aromatic carbocycles. The van der Waals surface area contributed by atoms with E-state index in [4.69, 9.17) is 15.6 Å². The van der Waals surface area contributed by atoms with Gasteiger partial charge in [-0.15, -0.1) is 0 Å². The molecule has 13 nitrogen and oxygen atoms in total. The molecule has 1 aliphatic heterocycles. The number of nitrogens with one attached hydrogen (secondary N) is 1. The first-order chi connectivity index (χ1) is 21.1. The first-order valence-electron chi connectivity index (χ1n) is 14.0. The van der Waals surface area contributed by atoms with Crippen molar-refractivity contribution in [1.29, 1.82) is 0 Å². The van der Waals surface area contributed by atoms with Crippen LogP contribution in [0.25, 0.3) is 10.9 Å². The number of hydrogen-bond donors (Lipinski definition) is 4. The molecule has 2 heterocycles. The summed E-state index contributed by atoms with van der Waals surface area (Å²) in [6.45, 7) is 3.05. The molecule has 1 aliphatic rings. The van der Waals surface area contributed by atoms with Gasteiger partial charge in [-0.25, -0.2) is 8.42 Å². The van der Waals surface area contributed by atoms with Crippen LogP contribution in [0.3, 0.4) is 0 Å². The van der Waals surface area contributed by atoms with Crippen molar-refractivity contribution in [3.05, 3.63) is 53.6 Å². The van der Waals surface area contributed by atoms with E-state index in [2.05, 4.69) is 26.7 Å². The monoisotopic (exact) mass is 624 g/mol. The van der Waals surface area contributed by atoms with Crippen LogP contribution in [0, 0.1) is 11.8 Å². The van der Waals surface area contributed by atoms with Gasteiger partial charge in [-0.2, -0.15) is 4.31 Å². The van der Waals surface area contributed by atoms with E-state index in [-0.39, 0.29) is 36.8 Å². The fourth-order valence-corrected chi connectivity index (χ4v) is 5.89. The molecule has 0 radical (unpaired) electrons. The van der Waals surface area contributed by atoms with Crippen molar-refractivity contribution in [3.8, 4) is 17.7 Å². The van der Waals surface area contributed by atoms with Crippen LogP contribution in [-0.4, -0.2) is 122 Å². The number of aromatic amines is 1. The summed E-state index contributed by atoms with van der Waals surface area (Å²) in [6, 6.07) is 11.3. The average Bonchev–Trinajstić information content (AvgIpc) is 3.34. The van der Waals surface area contributed by atoms with E-state index in [9.17, 15) is 23.1 Å². The highest BCUT2D eigenvalue weighted by atomic mass is 32.2. The molecule has 3 aromatic rings. The predicted octanol–water partition coefficient (Wildman–Crippen LogP) is 1.19. The number of carbonyl (C=O) groups excluding carboxylic acids is 1. The van der Waals surface area contributed by atoms with Crippen LogP contribution in [-0.2, 0) is 24.3 Å². The molecule has 1 amide bonds. The van der Waals surface area contributed by atoms with Gasteiger partial charge in [-0.3, -0.25) is 19.5 Å². The molecule has 1 fully saturated rings. The third-order valence-corrected chi connectivity index (χ3v) is 8.93. The number of aromatic nitrogens is 1. The lowest BCUT2D eigenvalue weighted by Gasteiger charge is -2.30. The van der Waals surface area contributed by atoms with Gasteiger partial charge < -0.3 is 30.6 Å². The van der Waals surface area contributed by atoms with Crippen LogP contribution in [0.2, 0.25) is 0 Å². The lowest BCUT2D eigenvalue weighted by atomic mass is 10.1. The van der Waals surface area contributed by atoms with E-state index in [1.165, 1.54) is 36.4 Å². The van der Waals surface area contributed by atoms with Gasteiger partial charge in [-0.05, 0) is 30.3 Å². The van der Waals surface area contributed by atoms with Gasteiger partial charge in [0.2, 0.25) is 15.9 Å². The fourth-order valence-electron chi connectivity index (χ4n) is 4.73. The maximum atomic E-state index is 13.4. The second-order valence-corrected chi connectivity index (χ2v) is 12.2. The first-order valence-corrected chi connectivity index (χ1v) is 15.5. The molecule has 44 heavy (non-hydrogen) atoms. The summed E-state index contributed by atoms with van der Waals surface area (Å²) in [5.74, 6) is 4.12. The number of nitrogens with two attached hydrogens (primary N) is 1. The molecule has 4 rings (SSSR count). The van der Waals surface area contributed by atoms with Gasteiger partial charge in [0.1, 0.15) is 0 Å². The largest absolute Gasteiger partial charge is 0.494 e. The summed E-state index contributed by atoms with van der Waals surface area (Å²) >= 11 is 0. The Hall–Kier alpha value is -4.26. The van der Waals surface area contributed by atoms with Crippen molar-refractivity contribution in [3.63, 3.8) is 0 Å². The molecule has 234 valence electrons. The van der Waals surface area contributed by atoms with E-state index in [1.807, 2.05) is 0 Å². The molecule has 5 N–H and O–H groups in total. The van der Waals surface area contributed by atoms with Gasteiger partial charge in [0, 0.05) is 56.9 Å². The van der Waals surface area contributed by atoms with Crippen LogP contribution < -0.4 is 5.73 Å². The first kappa shape index (κ1) is 32.6. The zero-order chi connectivity index (χ0) is 31.7. The summed E-state index contributed by atoms with van der Waals surface area (Å²) in [4.78, 5) is 35.1.